The van der Waals surface area contributed by atoms with E-state index in [4.69, 9.17) is 14.2 Å². The van der Waals surface area contributed by atoms with Crippen LogP contribution < -0.4 is 0 Å². The summed E-state index contributed by atoms with van der Waals surface area (Å²) in [5, 5.41) is 0. The van der Waals surface area contributed by atoms with Crippen molar-refractivity contribution in [3.05, 3.63) is 122 Å². The lowest BCUT2D eigenvalue weighted by Crippen LogP contribution is -2.30. The van der Waals surface area contributed by atoms with Crippen molar-refractivity contribution >= 4 is 17.9 Å². The van der Waals surface area contributed by atoms with Gasteiger partial charge in [-0.2, -0.15) is 0 Å². The van der Waals surface area contributed by atoms with Crippen molar-refractivity contribution in [2.24, 2.45) is 0 Å². The molecule has 0 saturated carbocycles. The molecule has 0 aromatic heterocycles. The Hall–Kier alpha value is -4.19. The monoisotopic (exact) mass is 885 g/mol. The Morgan fingerprint density at radius 1 is 0.328 bits per heavy atom. The normalized spacial score (nSPS) is 13.1. The second-order valence-electron chi connectivity index (χ2n) is 16.5. The number of rotatable bonds is 44. The Labute approximate surface area is 392 Å². The van der Waals surface area contributed by atoms with Gasteiger partial charge in [0.25, 0.3) is 0 Å². The van der Waals surface area contributed by atoms with Crippen molar-refractivity contribution < 1.29 is 28.6 Å². The molecule has 0 bridgehead atoms. The zero-order chi connectivity index (χ0) is 46.5. The second-order valence-corrected chi connectivity index (χ2v) is 16.5. The third-order valence-corrected chi connectivity index (χ3v) is 10.4. The zero-order valence-electron chi connectivity index (χ0n) is 41.0. The molecule has 0 spiro atoms. The van der Waals surface area contributed by atoms with E-state index in [2.05, 4.69) is 81.5 Å². The Balaban J connectivity index is 4.54. The maximum atomic E-state index is 12.8. The van der Waals surface area contributed by atoms with Gasteiger partial charge in [0.1, 0.15) is 13.2 Å². The van der Waals surface area contributed by atoms with Crippen LogP contribution in [0.4, 0.5) is 0 Å². The van der Waals surface area contributed by atoms with Gasteiger partial charge in [-0.3, -0.25) is 14.4 Å². The highest BCUT2D eigenvalue weighted by Gasteiger charge is 2.19. The minimum atomic E-state index is -0.812. The van der Waals surface area contributed by atoms with Crippen molar-refractivity contribution in [2.75, 3.05) is 13.2 Å². The van der Waals surface area contributed by atoms with E-state index in [0.29, 0.717) is 19.3 Å². The third-order valence-electron chi connectivity index (χ3n) is 10.4. The molecule has 0 saturated heterocycles. The van der Waals surface area contributed by atoms with Crippen LogP contribution in [0.25, 0.3) is 0 Å². The highest BCUT2D eigenvalue weighted by molar-refractivity contribution is 5.71. The lowest BCUT2D eigenvalue weighted by Gasteiger charge is -2.18. The number of carbonyl (C=O) groups is 3. The molecule has 0 heterocycles. The van der Waals surface area contributed by atoms with Gasteiger partial charge in [-0.05, 0) is 83.5 Å². The molecular weight excluding hydrogens is 793 g/mol. The van der Waals surface area contributed by atoms with Crippen molar-refractivity contribution in [3.8, 4) is 0 Å². The Morgan fingerprint density at radius 3 is 1.02 bits per heavy atom. The minimum absolute atomic E-state index is 0.109. The second kappa shape index (κ2) is 51.4. The van der Waals surface area contributed by atoms with E-state index in [9.17, 15) is 14.4 Å². The number of ether oxygens (including phenoxy) is 3. The highest BCUT2D eigenvalue weighted by atomic mass is 16.6. The number of esters is 3. The first-order valence-electron chi connectivity index (χ1n) is 25.7. The average molecular weight is 885 g/mol. The van der Waals surface area contributed by atoms with Crippen LogP contribution in [0.15, 0.2) is 122 Å². The largest absolute Gasteiger partial charge is 0.462 e. The summed E-state index contributed by atoms with van der Waals surface area (Å²) in [5.41, 5.74) is 0. The Bertz CT molecular complexity index is 1390. The number of hydrogen-bond acceptors (Lipinski definition) is 6. The molecular formula is C58H92O6. The van der Waals surface area contributed by atoms with E-state index in [1.54, 1.807) is 0 Å². The molecule has 0 aliphatic carbocycles. The van der Waals surface area contributed by atoms with Crippen molar-refractivity contribution in [2.45, 2.75) is 213 Å². The predicted octanol–water partition coefficient (Wildman–Crippen LogP) is 16.9. The van der Waals surface area contributed by atoms with Crippen molar-refractivity contribution in [1.29, 1.82) is 0 Å². The molecule has 0 aromatic carbocycles. The van der Waals surface area contributed by atoms with Crippen LogP contribution in [0.5, 0.6) is 0 Å². The number of unbranched alkanes of at least 4 members (excludes halogenated alkanes) is 20. The molecule has 1 atom stereocenters. The minimum Gasteiger partial charge on any atom is -0.462 e. The number of carbonyl (C=O) groups excluding carboxylic acids is 3. The molecule has 1 unspecified atom stereocenters. The van der Waals surface area contributed by atoms with Crippen molar-refractivity contribution in [1.82, 2.24) is 0 Å². The SMILES string of the molecule is CC\C=C/C=C\C=C/C=C\C=C\C=C/CCCCCC(=O)OCC(COC(=O)CCCCC/C=C\CCCCCCCCC)OC(=O)CCCCCCCCC\C=C/C=C\C=C/CC. The fourth-order valence-electron chi connectivity index (χ4n) is 6.58. The number of allylic oxidation sites excluding steroid dienone is 20. The van der Waals surface area contributed by atoms with E-state index in [0.717, 1.165) is 103 Å². The molecule has 0 aromatic rings. The quantitative estimate of drug-likeness (QED) is 0.0199. The molecule has 0 rings (SSSR count). The first-order chi connectivity index (χ1) is 31.5. The van der Waals surface area contributed by atoms with E-state index >= 15 is 0 Å². The van der Waals surface area contributed by atoms with E-state index < -0.39 is 6.10 Å². The highest BCUT2D eigenvalue weighted by Crippen LogP contribution is 2.13. The van der Waals surface area contributed by atoms with Gasteiger partial charge in [0, 0.05) is 19.3 Å². The van der Waals surface area contributed by atoms with Crippen LogP contribution in [0.1, 0.15) is 207 Å². The molecule has 0 aliphatic rings. The van der Waals surface area contributed by atoms with Crippen LogP contribution in [0, 0.1) is 0 Å². The fraction of sp³-hybridized carbons (Fsp3) is 0.603. The van der Waals surface area contributed by atoms with E-state index in [-0.39, 0.29) is 31.1 Å². The topological polar surface area (TPSA) is 78.9 Å². The average Bonchev–Trinajstić information content (AvgIpc) is 3.29. The van der Waals surface area contributed by atoms with Gasteiger partial charge in [-0.15, -0.1) is 0 Å². The Morgan fingerprint density at radius 2 is 0.625 bits per heavy atom. The van der Waals surface area contributed by atoms with E-state index in [1.807, 2.05) is 60.8 Å². The van der Waals surface area contributed by atoms with E-state index in [1.165, 1.54) is 64.2 Å². The summed E-state index contributed by atoms with van der Waals surface area (Å²) >= 11 is 0. The summed E-state index contributed by atoms with van der Waals surface area (Å²) in [4.78, 5) is 38.0. The lowest BCUT2D eigenvalue weighted by atomic mass is 10.1. The maximum absolute atomic E-state index is 12.8. The molecule has 0 radical (unpaired) electrons. The molecule has 0 N–H and O–H groups in total. The van der Waals surface area contributed by atoms with Crippen LogP contribution in [0.3, 0.4) is 0 Å². The van der Waals surface area contributed by atoms with Gasteiger partial charge in [-0.1, -0.05) is 226 Å². The Kier molecular flexibility index (Phi) is 48.1. The standard InChI is InChI=1S/C58H92O6/c1-4-7-10-13-16-19-22-25-28-29-31-33-36-39-42-45-48-51-57(60)63-54-55(53-62-56(59)50-47-44-41-38-35-32-27-24-21-18-15-12-9-6-3)64-58(61)52-49-46-43-40-37-34-30-26-23-20-17-14-11-8-5-2/h7-8,10-11,13-14,16-17,19-20,22-23,25,28-29,31-33,35-36,55H,4-6,9,12,15,18,21,24,26-27,30,34,37-54H2,1-3H3/b10-7-,11-8-,16-13-,17-14-,22-19-,23-20-,28-25-,31-29+,35-32-,36-33-. The smallest absolute Gasteiger partial charge is 0.306 e. The summed E-state index contributed by atoms with van der Waals surface area (Å²) in [6.07, 6.45) is 70.3. The van der Waals surface area contributed by atoms with Gasteiger partial charge in [0.05, 0.1) is 0 Å². The summed E-state index contributed by atoms with van der Waals surface area (Å²) < 4.78 is 16.7. The van der Waals surface area contributed by atoms with Crippen LogP contribution in [0.2, 0.25) is 0 Å². The first kappa shape index (κ1) is 59.8. The maximum Gasteiger partial charge on any atom is 0.306 e. The molecule has 6 nitrogen and oxygen atoms in total. The fourth-order valence-corrected chi connectivity index (χ4v) is 6.58. The van der Waals surface area contributed by atoms with Gasteiger partial charge in [0.2, 0.25) is 0 Å². The molecule has 64 heavy (non-hydrogen) atoms. The van der Waals surface area contributed by atoms with Gasteiger partial charge < -0.3 is 14.2 Å². The molecule has 0 fully saturated rings. The molecule has 6 heteroatoms. The van der Waals surface area contributed by atoms with Gasteiger partial charge in [0.15, 0.2) is 6.10 Å². The van der Waals surface area contributed by atoms with Gasteiger partial charge in [-0.25, -0.2) is 0 Å². The third kappa shape index (κ3) is 48.8. The van der Waals surface area contributed by atoms with Crippen LogP contribution >= 0.6 is 0 Å². The van der Waals surface area contributed by atoms with Crippen molar-refractivity contribution in [3.63, 3.8) is 0 Å². The molecule has 0 amide bonds. The van der Waals surface area contributed by atoms with Crippen LogP contribution in [-0.4, -0.2) is 37.2 Å². The summed E-state index contributed by atoms with van der Waals surface area (Å²) in [5.74, 6) is -0.988. The lowest BCUT2D eigenvalue weighted by molar-refractivity contribution is -0.167. The van der Waals surface area contributed by atoms with Crippen LogP contribution in [-0.2, 0) is 28.6 Å². The zero-order valence-corrected chi connectivity index (χ0v) is 41.0. The predicted molar refractivity (Wildman–Crippen MR) is 274 cm³/mol. The molecule has 360 valence electrons. The molecule has 0 aliphatic heterocycles. The van der Waals surface area contributed by atoms with Gasteiger partial charge >= 0.3 is 17.9 Å². The summed E-state index contributed by atoms with van der Waals surface area (Å²) in [6.45, 7) is 6.28. The first-order valence-corrected chi connectivity index (χ1v) is 25.7. The summed E-state index contributed by atoms with van der Waals surface area (Å²) in [7, 11) is 0. The number of hydrogen-bond donors (Lipinski definition) is 0. The summed E-state index contributed by atoms with van der Waals surface area (Å²) in [6, 6.07) is 0.